The first-order valence-corrected chi connectivity index (χ1v) is 6.21. The van der Waals surface area contributed by atoms with Crippen LogP contribution in [-0.2, 0) is 4.79 Å². The van der Waals surface area contributed by atoms with Crippen LogP contribution in [0.15, 0.2) is 12.1 Å². The molecular weight excluding hydrogens is 293 g/mol. The van der Waals surface area contributed by atoms with Crippen LogP contribution in [0.4, 0.5) is 0 Å². The standard InChI is InChI=1S/C12H13Cl2NO4/c1-6(2)15-10(16)5-19-11-8(12(17)18)3-7(13)4-9(11)14/h3-4,6H,5H2,1-2H3,(H,15,16)(H,17,18). The van der Waals surface area contributed by atoms with E-state index in [2.05, 4.69) is 5.32 Å². The van der Waals surface area contributed by atoms with Gasteiger partial charge in [-0.25, -0.2) is 4.79 Å². The van der Waals surface area contributed by atoms with Crippen LogP contribution < -0.4 is 10.1 Å². The molecule has 0 radical (unpaired) electrons. The van der Waals surface area contributed by atoms with Gasteiger partial charge < -0.3 is 15.2 Å². The summed E-state index contributed by atoms with van der Waals surface area (Å²) >= 11 is 11.6. The van der Waals surface area contributed by atoms with E-state index in [1.165, 1.54) is 12.1 Å². The Labute approximate surface area is 120 Å². The molecule has 0 aliphatic heterocycles. The quantitative estimate of drug-likeness (QED) is 0.876. The number of ether oxygens (including phenoxy) is 1. The number of aromatic carboxylic acids is 1. The summed E-state index contributed by atoms with van der Waals surface area (Å²) in [5, 5.41) is 11.9. The number of hydrogen-bond donors (Lipinski definition) is 2. The lowest BCUT2D eigenvalue weighted by Crippen LogP contribution is -2.34. The van der Waals surface area contributed by atoms with Crippen molar-refractivity contribution < 1.29 is 19.4 Å². The van der Waals surface area contributed by atoms with Crippen LogP contribution >= 0.6 is 23.2 Å². The molecule has 0 aliphatic carbocycles. The number of carbonyl (C=O) groups is 2. The average Bonchev–Trinajstić information content (AvgIpc) is 2.25. The minimum Gasteiger partial charge on any atom is -0.481 e. The molecule has 1 aromatic carbocycles. The topological polar surface area (TPSA) is 75.6 Å². The number of carbonyl (C=O) groups excluding carboxylic acids is 1. The maximum atomic E-state index is 11.4. The lowest BCUT2D eigenvalue weighted by Gasteiger charge is -2.12. The van der Waals surface area contributed by atoms with E-state index < -0.39 is 5.97 Å². The maximum absolute atomic E-state index is 11.4. The molecule has 1 rings (SSSR count). The molecule has 0 spiro atoms. The second kappa shape index (κ2) is 6.63. The summed E-state index contributed by atoms with van der Waals surface area (Å²) in [7, 11) is 0. The van der Waals surface area contributed by atoms with Crippen LogP contribution in [0.3, 0.4) is 0 Å². The van der Waals surface area contributed by atoms with E-state index in [1.807, 2.05) is 0 Å². The van der Waals surface area contributed by atoms with E-state index >= 15 is 0 Å². The van der Waals surface area contributed by atoms with Gasteiger partial charge in [0.05, 0.1) is 5.02 Å². The monoisotopic (exact) mass is 305 g/mol. The summed E-state index contributed by atoms with van der Waals surface area (Å²) in [4.78, 5) is 22.5. The third kappa shape index (κ3) is 4.61. The van der Waals surface area contributed by atoms with Gasteiger partial charge in [-0.15, -0.1) is 0 Å². The predicted octanol–water partition coefficient (Wildman–Crippen LogP) is 2.59. The van der Waals surface area contributed by atoms with Crippen molar-refractivity contribution in [2.75, 3.05) is 6.61 Å². The molecule has 0 unspecified atom stereocenters. The Morgan fingerprint density at radius 3 is 2.53 bits per heavy atom. The molecule has 0 bridgehead atoms. The molecule has 7 heteroatoms. The molecule has 5 nitrogen and oxygen atoms in total. The first-order chi connectivity index (χ1) is 8.81. The van der Waals surface area contributed by atoms with Crippen LogP contribution in [-0.4, -0.2) is 29.6 Å². The lowest BCUT2D eigenvalue weighted by atomic mass is 10.2. The normalized spacial score (nSPS) is 10.4. The number of amides is 1. The number of rotatable bonds is 5. The molecule has 0 aromatic heterocycles. The second-order valence-corrected chi connectivity index (χ2v) is 4.92. The summed E-state index contributed by atoms with van der Waals surface area (Å²) in [5.41, 5.74) is -0.185. The van der Waals surface area contributed by atoms with Gasteiger partial charge in [0, 0.05) is 11.1 Å². The molecule has 0 saturated carbocycles. The van der Waals surface area contributed by atoms with Crippen molar-refractivity contribution in [1.82, 2.24) is 5.32 Å². The summed E-state index contributed by atoms with van der Waals surface area (Å²) in [6.45, 7) is 3.28. The Kier molecular flexibility index (Phi) is 5.44. The largest absolute Gasteiger partial charge is 0.481 e. The lowest BCUT2D eigenvalue weighted by molar-refractivity contribution is -0.123. The van der Waals surface area contributed by atoms with Gasteiger partial charge >= 0.3 is 5.97 Å². The summed E-state index contributed by atoms with van der Waals surface area (Å²) < 4.78 is 5.16. The molecule has 0 atom stereocenters. The van der Waals surface area contributed by atoms with E-state index in [0.29, 0.717) is 0 Å². The van der Waals surface area contributed by atoms with Gasteiger partial charge in [-0.2, -0.15) is 0 Å². The first-order valence-electron chi connectivity index (χ1n) is 5.45. The molecule has 0 fully saturated rings. The molecule has 0 heterocycles. The SMILES string of the molecule is CC(C)NC(=O)COc1c(Cl)cc(Cl)cc1C(=O)O. The van der Waals surface area contributed by atoms with Gasteiger partial charge in [0.25, 0.3) is 5.91 Å². The van der Waals surface area contributed by atoms with Gasteiger partial charge in [-0.1, -0.05) is 23.2 Å². The third-order valence-corrected chi connectivity index (χ3v) is 2.54. The van der Waals surface area contributed by atoms with E-state index in [9.17, 15) is 9.59 Å². The van der Waals surface area contributed by atoms with Crippen LogP contribution in [0.2, 0.25) is 10.0 Å². The Balaban J connectivity index is 2.89. The minimum atomic E-state index is -1.23. The Morgan fingerprint density at radius 2 is 2.00 bits per heavy atom. The van der Waals surface area contributed by atoms with E-state index in [1.54, 1.807) is 13.8 Å². The summed E-state index contributed by atoms with van der Waals surface area (Å²) in [5.74, 6) is -1.67. The molecule has 0 saturated heterocycles. The molecular formula is C12H13Cl2NO4. The van der Waals surface area contributed by atoms with Crippen LogP contribution in [0.5, 0.6) is 5.75 Å². The fourth-order valence-corrected chi connectivity index (χ4v) is 1.92. The summed E-state index contributed by atoms with van der Waals surface area (Å²) in [6.07, 6.45) is 0. The number of hydrogen-bond acceptors (Lipinski definition) is 3. The zero-order valence-corrected chi connectivity index (χ0v) is 11.9. The van der Waals surface area contributed by atoms with Crippen molar-refractivity contribution >= 4 is 35.1 Å². The van der Waals surface area contributed by atoms with Gasteiger partial charge in [-0.05, 0) is 26.0 Å². The van der Waals surface area contributed by atoms with Crippen molar-refractivity contribution in [3.05, 3.63) is 27.7 Å². The van der Waals surface area contributed by atoms with Crippen molar-refractivity contribution in [3.8, 4) is 5.75 Å². The van der Waals surface area contributed by atoms with Crippen LogP contribution in [0, 0.1) is 0 Å². The highest BCUT2D eigenvalue weighted by molar-refractivity contribution is 6.36. The number of halogens is 2. The third-order valence-electron chi connectivity index (χ3n) is 2.04. The average molecular weight is 306 g/mol. The van der Waals surface area contributed by atoms with E-state index in [-0.39, 0.29) is 39.9 Å². The van der Waals surface area contributed by atoms with Crippen molar-refractivity contribution in [1.29, 1.82) is 0 Å². The molecule has 2 N–H and O–H groups in total. The van der Waals surface area contributed by atoms with Crippen molar-refractivity contribution in [2.24, 2.45) is 0 Å². The van der Waals surface area contributed by atoms with Crippen molar-refractivity contribution in [3.63, 3.8) is 0 Å². The highest BCUT2D eigenvalue weighted by Gasteiger charge is 2.17. The fraction of sp³-hybridized carbons (Fsp3) is 0.333. The predicted molar refractivity (Wildman–Crippen MR) is 72.2 cm³/mol. The smallest absolute Gasteiger partial charge is 0.339 e. The Morgan fingerprint density at radius 1 is 1.37 bits per heavy atom. The molecule has 1 aromatic rings. The fourth-order valence-electron chi connectivity index (χ4n) is 1.37. The molecule has 104 valence electrons. The zero-order chi connectivity index (χ0) is 14.6. The van der Waals surface area contributed by atoms with Gasteiger partial charge in [0.1, 0.15) is 5.56 Å². The zero-order valence-electron chi connectivity index (χ0n) is 10.4. The van der Waals surface area contributed by atoms with Gasteiger partial charge in [0.15, 0.2) is 12.4 Å². The van der Waals surface area contributed by atoms with E-state index in [4.69, 9.17) is 33.0 Å². The number of carboxylic acids is 1. The number of nitrogens with one attached hydrogen (secondary N) is 1. The number of benzene rings is 1. The Hall–Kier alpha value is -1.46. The highest BCUT2D eigenvalue weighted by Crippen LogP contribution is 2.32. The van der Waals surface area contributed by atoms with Gasteiger partial charge in [-0.3, -0.25) is 4.79 Å². The van der Waals surface area contributed by atoms with E-state index in [0.717, 1.165) is 0 Å². The molecule has 19 heavy (non-hydrogen) atoms. The first kappa shape index (κ1) is 15.6. The molecule has 0 aliphatic rings. The van der Waals surface area contributed by atoms with Crippen LogP contribution in [0.1, 0.15) is 24.2 Å². The summed E-state index contributed by atoms with van der Waals surface area (Å²) in [6, 6.07) is 2.53. The Bertz CT molecular complexity index is 503. The molecule has 1 amide bonds. The highest BCUT2D eigenvalue weighted by atomic mass is 35.5. The van der Waals surface area contributed by atoms with Gasteiger partial charge in [0.2, 0.25) is 0 Å². The minimum absolute atomic E-state index is 0.0317. The number of carboxylic acid groups (broad SMARTS) is 1. The van der Waals surface area contributed by atoms with Crippen molar-refractivity contribution in [2.45, 2.75) is 19.9 Å². The second-order valence-electron chi connectivity index (χ2n) is 4.08. The maximum Gasteiger partial charge on any atom is 0.339 e. The van der Waals surface area contributed by atoms with Crippen LogP contribution in [0.25, 0.3) is 0 Å².